The second-order valence-corrected chi connectivity index (χ2v) is 7.89. The first-order valence-corrected chi connectivity index (χ1v) is 9.06. The molecule has 1 saturated carbocycles. The van der Waals surface area contributed by atoms with Gasteiger partial charge >= 0.3 is 0 Å². The minimum absolute atomic E-state index is 0.0179. The van der Waals surface area contributed by atoms with Crippen LogP contribution in [0.5, 0.6) is 0 Å². The smallest absolute Gasteiger partial charge is 0.244 e. The van der Waals surface area contributed by atoms with Crippen LogP contribution in [0.4, 0.5) is 0 Å². The Balaban J connectivity index is 2.21. The quantitative estimate of drug-likeness (QED) is 0.875. The maximum absolute atomic E-state index is 12.6. The molecule has 6 heteroatoms. The summed E-state index contributed by atoms with van der Waals surface area (Å²) in [6.07, 6.45) is 4.17. The number of sulfonamides is 1. The lowest BCUT2D eigenvalue weighted by Gasteiger charge is -2.34. The van der Waals surface area contributed by atoms with E-state index in [2.05, 4.69) is 18.6 Å². The first-order chi connectivity index (χ1) is 9.85. The van der Waals surface area contributed by atoms with E-state index in [9.17, 15) is 8.42 Å². The van der Waals surface area contributed by atoms with Crippen molar-refractivity contribution in [2.75, 3.05) is 0 Å². The van der Waals surface area contributed by atoms with Crippen LogP contribution in [0.3, 0.4) is 0 Å². The van der Waals surface area contributed by atoms with E-state index in [-0.39, 0.29) is 23.3 Å². The van der Waals surface area contributed by atoms with Gasteiger partial charge in [0.25, 0.3) is 0 Å². The van der Waals surface area contributed by atoms with Crippen LogP contribution in [0, 0.1) is 18.8 Å². The van der Waals surface area contributed by atoms with Crippen LogP contribution in [0.1, 0.15) is 51.1 Å². The number of furan rings is 1. The highest BCUT2D eigenvalue weighted by Gasteiger charge is 2.32. The fraction of sp³-hybridized carbons (Fsp3) is 0.733. The Hall–Kier alpha value is -0.850. The molecule has 120 valence electrons. The van der Waals surface area contributed by atoms with E-state index in [1.165, 1.54) is 12.5 Å². The summed E-state index contributed by atoms with van der Waals surface area (Å²) < 4.78 is 33.2. The van der Waals surface area contributed by atoms with Gasteiger partial charge in [-0.2, -0.15) is 0 Å². The first kappa shape index (κ1) is 16.5. The molecule has 1 aromatic heterocycles. The molecule has 2 unspecified atom stereocenters. The summed E-state index contributed by atoms with van der Waals surface area (Å²) >= 11 is 0. The van der Waals surface area contributed by atoms with E-state index in [4.69, 9.17) is 9.52 Å². The molecule has 1 heterocycles. The predicted molar refractivity (Wildman–Crippen MR) is 80.3 cm³/mol. The lowest BCUT2D eigenvalue weighted by atomic mass is 9.78. The lowest BCUT2D eigenvalue weighted by Crippen LogP contribution is -2.43. The zero-order valence-corrected chi connectivity index (χ0v) is 13.7. The van der Waals surface area contributed by atoms with Gasteiger partial charge in [-0.3, -0.25) is 0 Å². The predicted octanol–water partition coefficient (Wildman–Crippen LogP) is 2.57. The van der Waals surface area contributed by atoms with Crippen LogP contribution in [0.25, 0.3) is 0 Å². The molecular formula is C15H25NO4S. The molecule has 5 nitrogen and oxygen atoms in total. The van der Waals surface area contributed by atoms with E-state index < -0.39 is 10.0 Å². The number of nitrogens with one attached hydrogen (secondary N) is 1. The Bertz CT molecular complexity index is 576. The third-order valence-electron chi connectivity index (χ3n) is 4.35. The lowest BCUT2D eigenvalue weighted by molar-refractivity contribution is 0.226. The third-order valence-corrected chi connectivity index (χ3v) is 5.95. The van der Waals surface area contributed by atoms with E-state index >= 15 is 0 Å². The van der Waals surface area contributed by atoms with Crippen molar-refractivity contribution in [1.82, 2.24) is 4.72 Å². The molecule has 1 fully saturated rings. The molecule has 2 N–H and O–H groups in total. The van der Waals surface area contributed by atoms with Gasteiger partial charge < -0.3 is 9.52 Å². The Morgan fingerprint density at radius 3 is 2.62 bits per heavy atom. The molecule has 0 amide bonds. The normalized spacial score (nSPS) is 23.7. The van der Waals surface area contributed by atoms with Gasteiger partial charge in [-0.25, -0.2) is 13.1 Å². The van der Waals surface area contributed by atoms with Crippen LogP contribution in [0.2, 0.25) is 0 Å². The molecule has 0 saturated heterocycles. The summed E-state index contributed by atoms with van der Waals surface area (Å²) in [7, 11) is -3.60. The summed E-state index contributed by atoms with van der Waals surface area (Å²) in [4.78, 5) is 0.139. The highest BCUT2D eigenvalue weighted by molar-refractivity contribution is 7.89. The van der Waals surface area contributed by atoms with Crippen LogP contribution in [-0.2, 0) is 16.6 Å². The SMILES string of the molecule is Cc1oc(CO)cc1S(=O)(=O)NC1CCCCC1C(C)C. The van der Waals surface area contributed by atoms with Crippen molar-refractivity contribution in [2.45, 2.75) is 64.0 Å². The average molecular weight is 315 g/mol. The van der Waals surface area contributed by atoms with Crippen LogP contribution in [0.15, 0.2) is 15.4 Å². The van der Waals surface area contributed by atoms with Gasteiger partial charge in [0.1, 0.15) is 23.0 Å². The fourth-order valence-corrected chi connectivity index (χ4v) is 4.76. The Morgan fingerprint density at radius 1 is 1.38 bits per heavy atom. The summed E-state index contributed by atoms with van der Waals surface area (Å²) in [6.45, 7) is 5.59. The highest BCUT2D eigenvalue weighted by Crippen LogP contribution is 2.31. The molecule has 1 aliphatic rings. The van der Waals surface area contributed by atoms with Gasteiger partial charge in [0.05, 0.1) is 0 Å². The molecule has 0 radical (unpaired) electrons. The molecule has 1 aromatic rings. The number of rotatable bonds is 5. The van der Waals surface area contributed by atoms with Crippen LogP contribution >= 0.6 is 0 Å². The van der Waals surface area contributed by atoms with Gasteiger partial charge in [-0.1, -0.05) is 26.7 Å². The number of aliphatic hydroxyl groups excluding tert-OH is 1. The van der Waals surface area contributed by atoms with Gasteiger partial charge in [-0.05, 0) is 31.6 Å². The molecule has 0 spiro atoms. The molecule has 21 heavy (non-hydrogen) atoms. The second-order valence-electron chi connectivity index (χ2n) is 6.21. The highest BCUT2D eigenvalue weighted by atomic mass is 32.2. The van der Waals surface area contributed by atoms with E-state index in [1.807, 2.05) is 0 Å². The van der Waals surface area contributed by atoms with Crippen LogP contribution in [-0.4, -0.2) is 19.6 Å². The van der Waals surface area contributed by atoms with Gasteiger partial charge in [0.2, 0.25) is 10.0 Å². The molecule has 0 bridgehead atoms. The third kappa shape index (κ3) is 3.67. The standard InChI is InChI=1S/C15H25NO4S/c1-10(2)13-6-4-5-7-14(13)16-21(18,19)15-8-12(9-17)20-11(15)3/h8,10,13-14,16-17H,4-7,9H2,1-3H3. The minimum Gasteiger partial charge on any atom is -0.462 e. The molecule has 0 aromatic carbocycles. The molecule has 0 aliphatic heterocycles. The molecule has 2 atom stereocenters. The van der Waals surface area contributed by atoms with Crippen molar-refractivity contribution >= 4 is 10.0 Å². The monoisotopic (exact) mass is 315 g/mol. The van der Waals surface area contributed by atoms with Crippen molar-refractivity contribution in [3.63, 3.8) is 0 Å². The fourth-order valence-electron chi connectivity index (χ4n) is 3.24. The van der Waals surface area contributed by atoms with E-state index in [0.29, 0.717) is 17.6 Å². The summed E-state index contributed by atoms with van der Waals surface area (Å²) in [5.74, 6) is 1.43. The zero-order chi connectivity index (χ0) is 15.6. The summed E-state index contributed by atoms with van der Waals surface area (Å²) in [5.41, 5.74) is 0. The summed E-state index contributed by atoms with van der Waals surface area (Å²) in [5, 5.41) is 9.07. The van der Waals surface area contributed by atoms with Crippen molar-refractivity contribution in [2.24, 2.45) is 11.8 Å². The number of hydrogen-bond acceptors (Lipinski definition) is 4. The zero-order valence-electron chi connectivity index (χ0n) is 12.9. The number of aryl methyl sites for hydroxylation is 1. The first-order valence-electron chi connectivity index (χ1n) is 7.57. The van der Waals surface area contributed by atoms with Crippen molar-refractivity contribution < 1.29 is 17.9 Å². The minimum atomic E-state index is -3.60. The largest absolute Gasteiger partial charge is 0.462 e. The van der Waals surface area contributed by atoms with Gasteiger partial charge in [0.15, 0.2) is 0 Å². The second kappa shape index (κ2) is 6.50. The van der Waals surface area contributed by atoms with Crippen molar-refractivity contribution in [1.29, 1.82) is 0 Å². The van der Waals surface area contributed by atoms with Gasteiger partial charge in [-0.15, -0.1) is 0 Å². The maximum atomic E-state index is 12.6. The van der Waals surface area contributed by atoms with E-state index in [0.717, 1.165) is 19.3 Å². The summed E-state index contributed by atoms with van der Waals surface area (Å²) in [6, 6.07) is 1.39. The van der Waals surface area contributed by atoms with Crippen molar-refractivity contribution in [3.8, 4) is 0 Å². The molecule has 2 rings (SSSR count). The van der Waals surface area contributed by atoms with E-state index in [1.54, 1.807) is 6.92 Å². The molecule has 1 aliphatic carbocycles. The molecular weight excluding hydrogens is 290 g/mol. The maximum Gasteiger partial charge on any atom is 0.244 e. The van der Waals surface area contributed by atoms with Crippen LogP contribution < -0.4 is 4.72 Å². The van der Waals surface area contributed by atoms with Crippen molar-refractivity contribution in [3.05, 3.63) is 17.6 Å². The topological polar surface area (TPSA) is 79.5 Å². The Labute approximate surface area is 126 Å². The number of hydrogen-bond donors (Lipinski definition) is 2. The Morgan fingerprint density at radius 2 is 2.05 bits per heavy atom. The Kier molecular flexibility index (Phi) is 5.11. The number of aliphatic hydroxyl groups is 1. The van der Waals surface area contributed by atoms with Gasteiger partial charge in [0, 0.05) is 12.1 Å². The average Bonchev–Trinajstić information content (AvgIpc) is 2.81.